The van der Waals surface area contributed by atoms with Crippen molar-refractivity contribution in [3.05, 3.63) is 52.9 Å². The van der Waals surface area contributed by atoms with E-state index in [1.54, 1.807) is 19.5 Å². The van der Waals surface area contributed by atoms with Gasteiger partial charge in [-0.3, -0.25) is 4.98 Å². The fourth-order valence-corrected chi connectivity index (χ4v) is 2.71. The molecule has 0 fully saturated rings. The highest BCUT2D eigenvalue weighted by Gasteiger charge is 2.11. The average Bonchev–Trinajstić information content (AvgIpc) is 2.68. The van der Waals surface area contributed by atoms with Crippen molar-refractivity contribution < 1.29 is 4.74 Å². The lowest BCUT2D eigenvalue weighted by atomic mass is 10.2. The Morgan fingerprint density at radius 1 is 1.04 bits per heavy atom. The highest BCUT2D eigenvalue weighted by molar-refractivity contribution is 7.81. The Morgan fingerprint density at radius 2 is 1.85 bits per heavy atom. The third-order valence-corrected chi connectivity index (χ3v) is 4.56. The zero-order valence-corrected chi connectivity index (χ0v) is 16.7. The standard InChI is InChI=1S/C18H19ClN6OS/c1-10-11(2)20-7-6-14(10)23-18-21-9-13(19)17(24-18)22-15-5-4-12(26-3)8-16(15)25-27/h4-9,25,27H,1-3H3,(H2,20,21,22,23,24). The van der Waals surface area contributed by atoms with Crippen molar-refractivity contribution in [1.82, 2.24) is 15.0 Å². The van der Waals surface area contributed by atoms with Crippen LogP contribution in [0.2, 0.25) is 5.02 Å². The maximum absolute atomic E-state index is 6.27. The van der Waals surface area contributed by atoms with E-state index < -0.39 is 0 Å². The number of methoxy groups -OCH3 is 1. The zero-order valence-electron chi connectivity index (χ0n) is 15.0. The molecule has 0 aliphatic heterocycles. The quantitative estimate of drug-likeness (QED) is 0.436. The summed E-state index contributed by atoms with van der Waals surface area (Å²) in [6.45, 7) is 3.94. The van der Waals surface area contributed by atoms with Crippen molar-refractivity contribution in [1.29, 1.82) is 0 Å². The highest BCUT2D eigenvalue weighted by atomic mass is 35.5. The molecule has 3 aromatic rings. The smallest absolute Gasteiger partial charge is 0.229 e. The first kappa shape index (κ1) is 19.1. The van der Waals surface area contributed by atoms with E-state index in [0.717, 1.165) is 28.3 Å². The summed E-state index contributed by atoms with van der Waals surface area (Å²) >= 11 is 10.4. The van der Waals surface area contributed by atoms with Crippen LogP contribution in [0, 0.1) is 13.8 Å². The molecule has 0 amide bonds. The largest absolute Gasteiger partial charge is 0.497 e. The van der Waals surface area contributed by atoms with Crippen molar-refractivity contribution >= 4 is 53.2 Å². The summed E-state index contributed by atoms with van der Waals surface area (Å²) in [5.41, 5.74) is 4.33. The number of thiol groups is 1. The maximum atomic E-state index is 6.27. The number of rotatable bonds is 6. The van der Waals surface area contributed by atoms with Gasteiger partial charge in [-0.25, -0.2) is 4.98 Å². The molecule has 0 spiro atoms. The lowest BCUT2D eigenvalue weighted by Gasteiger charge is -2.14. The molecule has 0 aliphatic carbocycles. The van der Waals surface area contributed by atoms with E-state index in [0.29, 0.717) is 22.5 Å². The monoisotopic (exact) mass is 402 g/mol. The SMILES string of the molecule is COc1ccc(Nc2nc(Nc3ccnc(C)c3C)ncc2Cl)c(NS)c1. The highest BCUT2D eigenvalue weighted by Crippen LogP contribution is 2.32. The van der Waals surface area contributed by atoms with Crippen LogP contribution in [-0.2, 0) is 0 Å². The Balaban J connectivity index is 1.89. The van der Waals surface area contributed by atoms with Crippen LogP contribution in [0.3, 0.4) is 0 Å². The Kier molecular flexibility index (Phi) is 5.88. The van der Waals surface area contributed by atoms with Gasteiger partial charge in [0.25, 0.3) is 0 Å². The molecule has 0 unspecified atom stereocenters. The first-order valence-electron chi connectivity index (χ1n) is 8.08. The van der Waals surface area contributed by atoms with E-state index in [9.17, 15) is 0 Å². The van der Waals surface area contributed by atoms with Crippen molar-refractivity contribution in [2.24, 2.45) is 0 Å². The predicted molar refractivity (Wildman–Crippen MR) is 113 cm³/mol. The minimum absolute atomic E-state index is 0.393. The number of halogens is 1. The molecule has 0 saturated heterocycles. The number of nitrogens with one attached hydrogen (secondary N) is 3. The van der Waals surface area contributed by atoms with Crippen molar-refractivity contribution in [3.8, 4) is 5.75 Å². The van der Waals surface area contributed by atoms with Gasteiger partial charge < -0.3 is 20.1 Å². The molecule has 7 nitrogen and oxygen atoms in total. The lowest BCUT2D eigenvalue weighted by molar-refractivity contribution is 0.415. The Morgan fingerprint density at radius 3 is 2.59 bits per heavy atom. The van der Waals surface area contributed by atoms with Gasteiger partial charge in [0.05, 0.1) is 24.7 Å². The number of aryl methyl sites for hydroxylation is 1. The van der Waals surface area contributed by atoms with E-state index in [-0.39, 0.29) is 0 Å². The number of hydrogen-bond donors (Lipinski definition) is 4. The summed E-state index contributed by atoms with van der Waals surface area (Å²) in [7, 11) is 1.60. The molecule has 27 heavy (non-hydrogen) atoms. The van der Waals surface area contributed by atoms with E-state index in [1.807, 2.05) is 38.1 Å². The molecule has 0 aliphatic rings. The second-order valence-electron chi connectivity index (χ2n) is 5.73. The molecule has 0 radical (unpaired) electrons. The minimum atomic E-state index is 0.393. The third-order valence-electron chi connectivity index (χ3n) is 4.05. The topological polar surface area (TPSA) is 84.0 Å². The third kappa shape index (κ3) is 4.35. The molecule has 2 heterocycles. The van der Waals surface area contributed by atoms with Crippen LogP contribution in [0.5, 0.6) is 5.75 Å². The summed E-state index contributed by atoms with van der Waals surface area (Å²) in [5.74, 6) is 1.59. The van der Waals surface area contributed by atoms with E-state index >= 15 is 0 Å². The first-order valence-corrected chi connectivity index (χ1v) is 8.91. The van der Waals surface area contributed by atoms with Gasteiger partial charge in [-0.2, -0.15) is 4.98 Å². The minimum Gasteiger partial charge on any atom is -0.497 e. The zero-order chi connectivity index (χ0) is 19.4. The summed E-state index contributed by atoms with van der Waals surface area (Å²) in [4.78, 5) is 13.0. The molecule has 0 saturated carbocycles. The molecular weight excluding hydrogens is 384 g/mol. The Bertz CT molecular complexity index is 969. The number of hydrogen-bond acceptors (Lipinski definition) is 8. The number of anilines is 5. The van der Waals surface area contributed by atoms with Gasteiger partial charge in [0, 0.05) is 23.6 Å². The van der Waals surface area contributed by atoms with Crippen LogP contribution >= 0.6 is 24.4 Å². The number of pyridine rings is 1. The molecule has 140 valence electrons. The van der Waals surface area contributed by atoms with Crippen LogP contribution in [0.25, 0.3) is 0 Å². The maximum Gasteiger partial charge on any atom is 0.229 e. The van der Waals surface area contributed by atoms with Gasteiger partial charge in [-0.15, -0.1) is 0 Å². The van der Waals surface area contributed by atoms with Gasteiger partial charge in [-0.05, 0) is 37.6 Å². The van der Waals surface area contributed by atoms with Crippen LogP contribution in [0.15, 0.2) is 36.7 Å². The number of nitrogens with zero attached hydrogens (tertiary/aromatic N) is 3. The summed E-state index contributed by atoms with van der Waals surface area (Å²) < 4.78 is 8.04. The molecule has 2 aromatic heterocycles. The van der Waals surface area contributed by atoms with E-state index in [4.69, 9.17) is 16.3 Å². The second kappa shape index (κ2) is 8.32. The van der Waals surface area contributed by atoms with Gasteiger partial charge >= 0.3 is 0 Å². The van der Waals surface area contributed by atoms with Crippen LogP contribution in [0.1, 0.15) is 11.3 Å². The van der Waals surface area contributed by atoms with Crippen molar-refractivity contribution in [2.75, 3.05) is 22.5 Å². The molecule has 9 heteroatoms. The Labute approximate surface area is 168 Å². The molecule has 0 bridgehead atoms. The first-order chi connectivity index (χ1) is 13.0. The second-order valence-corrected chi connectivity index (χ2v) is 6.36. The van der Waals surface area contributed by atoms with Crippen LogP contribution in [-0.4, -0.2) is 22.1 Å². The van der Waals surface area contributed by atoms with Crippen LogP contribution < -0.4 is 20.1 Å². The fourth-order valence-electron chi connectivity index (χ4n) is 2.39. The van der Waals surface area contributed by atoms with Gasteiger partial charge in [0.2, 0.25) is 5.95 Å². The van der Waals surface area contributed by atoms with Crippen LogP contribution in [0.4, 0.5) is 28.8 Å². The van der Waals surface area contributed by atoms with Gasteiger partial charge in [0.1, 0.15) is 10.8 Å². The van der Waals surface area contributed by atoms with Crippen molar-refractivity contribution in [2.45, 2.75) is 13.8 Å². The van der Waals surface area contributed by atoms with E-state index in [1.165, 1.54) is 0 Å². The van der Waals surface area contributed by atoms with E-state index in [2.05, 4.69) is 43.1 Å². The molecular formula is C18H19ClN6OS. The number of ether oxygens (including phenoxy) is 1. The van der Waals surface area contributed by atoms with Gasteiger partial charge in [-0.1, -0.05) is 24.4 Å². The summed E-state index contributed by atoms with van der Waals surface area (Å²) in [6, 6.07) is 7.36. The lowest BCUT2D eigenvalue weighted by Crippen LogP contribution is -2.04. The molecule has 3 N–H and O–H groups in total. The number of aromatic nitrogens is 3. The normalized spacial score (nSPS) is 10.4. The number of benzene rings is 1. The van der Waals surface area contributed by atoms with Gasteiger partial charge in [0.15, 0.2) is 5.82 Å². The average molecular weight is 403 g/mol. The molecule has 3 rings (SSSR count). The fraction of sp³-hybridized carbons (Fsp3) is 0.167. The summed E-state index contributed by atoms with van der Waals surface area (Å²) in [5, 5.41) is 6.79. The Hall–Kier alpha value is -2.71. The summed E-state index contributed by atoms with van der Waals surface area (Å²) in [6.07, 6.45) is 3.28. The van der Waals surface area contributed by atoms with Crippen molar-refractivity contribution in [3.63, 3.8) is 0 Å². The predicted octanol–water partition coefficient (Wildman–Crippen LogP) is 4.89. The molecule has 0 atom stereocenters. The molecule has 1 aromatic carbocycles.